The number of unbranched alkanes of at least 4 members (excludes halogenated alkanes) is 2. The molecular weight excluding hydrogens is 236 g/mol. The maximum atomic E-state index is 8.39. The predicted octanol–water partition coefficient (Wildman–Crippen LogP) is 2.91. The standard InChI is InChI=1S/C13H17ClN2O/c14-12-10-11(6-8-16)4-5-13(12)17-9-3-1-2-7-15/h4-5,10H,1-3,6,8-9,16H2. The van der Waals surface area contributed by atoms with E-state index in [2.05, 4.69) is 6.07 Å². The monoisotopic (exact) mass is 252 g/mol. The second-order valence-corrected chi connectivity index (χ2v) is 4.17. The van der Waals surface area contributed by atoms with Gasteiger partial charge in [0.05, 0.1) is 17.7 Å². The summed E-state index contributed by atoms with van der Waals surface area (Å²) < 4.78 is 5.54. The van der Waals surface area contributed by atoms with E-state index in [0.717, 1.165) is 24.8 Å². The van der Waals surface area contributed by atoms with Crippen molar-refractivity contribution in [3.63, 3.8) is 0 Å². The fourth-order valence-electron chi connectivity index (χ4n) is 1.47. The molecule has 17 heavy (non-hydrogen) atoms. The lowest BCUT2D eigenvalue weighted by Crippen LogP contribution is -2.03. The van der Waals surface area contributed by atoms with Gasteiger partial charge in [0.25, 0.3) is 0 Å². The Bertz CT molecular complexity index is 387. The third-order valence-corrected chi connectivity index (χ3v) is 2.67. The van der Waals surface area contributed by atoms with Gasteiger partial charge in [-0.25, -0.2) is 0 Å². The predicted molar refractivity (Wildman–Crippen MR) is 69.2 cm³/mol. The number of ether oxygens (including phenoxy) is 1. The lowest BCUT2D eigenvalue weighted by molar-refractivity contribution is 0.307. The fraction of sp³-hybridized carbons (Fsp3) is 0.462. The molecule has 1 aromatic rings. The van der Waals surface area contributed by atoms with E-state index in [9.17, 15) is 0 Å². The normalized spacial score (nSPS) is 9.94. The van der Waals surface area contributed by atoms with Gasteiger partial charge in [-0.1, -0.05) is 17.7 Å². The molecule has 0 atom stereocenters. The Morgan fingerprint density at radius 1 is 1.35 bits per heavy atom. The Balaban J connectivity index is 2.41. The first-order valence-electron chi connectivity index (χ1n) is 5.76. The molecule has 92 valence electrons. The number of halogens is 1. The van der Waals surface area contributed by atoms with Crippen molar-refractivity contribution in [2.45, 2.75) is 25.7 Å². The molecule has 0 aliphatic rings. The van der Waals surface area contributed by atoms with Crippen molar-refractivity contribution in [3.05, 3.63) is 28.8 Å². The maximum absolute atomic E-state index is 8.39. The van der Waals surface area contributed by atoms with Crippen LogP contribution in [0.2, 0.25) is 5.02 Å². The minimum atomic E-state index is 0.576. The molecule has 0 heterocycles. The summed E-state index contributed by atoms with van der Waals surface area (Å²) in [6.45, 7) is 1.21. The van der Waals surface area contributed by atoms with Crippen LogP contribution in [0, 0.1) is 11.3 Å². The SMILES string of the molecule is N#CCCCCOc1ccc(CCN)cc1Cl. The van der Waals surface area contributed by atoms with Crippen molar-refractivity contribution in [3.8, 4) is 11.8 Å². The van der Waals surface area contributed by atoms with Crippen LogP contribution in [0.4, 0.5) is 0 Å². The minimum Gasteiger partial charge on any atom is -0.492 e. The summed E-state index contributed by atoms with van der Waals surface area (Å²) in [5.74, 6) is 0.699. The number of benzene rings is 1. The van der Waals surface area contributed by atoms with Gasteiger partial charge in [-0.15, -0.1) is 0 Å². The Kier molecular flexibility index (Phi) is 6.46. The summed E-state index contributed by atoms with van der Waals surface area (Å²) in [6, 6.07) is 7.84. The molecule has 0 bridgehead atoms. The van der Waals surface area contributed by atoms with Gasteiger partial charge in [0.1, 0.15) is 5.75 Å². The highest BCUT2D eigenvalue weighted by molar-refractivity contribution is 6.32. The Labute approximate surface area is 107 Å². The van der Waals surface area contributed by atoms with E-state index in [0.29, 0.717) is 30.3 Å². The van der Waals surface area contributed by atoms with Crippen molar-refractivity contribution in [1.82, 2.24) is 0 Å². The zero-order valence-electron chi connectivity index (χ0n) is 9.79. The average Bonchev–Trinajstić information content (AvgIpc) is 2.32. The van der Waals surface area contributed by atoms with Crippen molar-refractivity contribution in [2.24, 2.45) is 5.73 Å². The topological polar surface area (TPSA) is 59.0 Å². The number of nitrogens with zero attached hydrogens (tertiary/aromatic N) is 1. The molecule has 0 spiro atoms. The molecule has 0 amide bonds. The summed E-state index contributed by atoms with van der Waals surface area (Å²) in [4.78, 5) is 0. The van der Waals surface area contributed by atoms with Gasteiger partial charge in [-0.05, 0) is 43.5 Å². The highest BCUT2D eigenvalue weighted by Gasteiger charge is 2.02. The first-order chi connectivity index (χ1) is 8.27. The maximum Gasteiger partial charge on any atom is 0.137 e. The minimum absolute atomic E-state index is 0.576. The van der Waals surface area contributed by atoms with Crippen molar-refractivity contribution in [1.29, 1.82) is 5.26 Å². The number of rotatable bonds is 7. The van der Waals surface area contributed by atoms with Crippen LogP contribution in [-0.2, 0) is 6.42 Å². The van der Waals surface area contributed by atoms with Crippen LogP contribution in [0.15, 0.2) is 18.2 Å². The molecule has 0 saturated heterocycles. The second kappa shape index (κ2) is 7.94. The van der Waals surface area contributed by atoms with Gasteiger partial charge in [0.15, 0.2) is 0 Å². The van der Waals surface area contributed by atoms with Gasteiger partial charge < -0.3 is 10.5 Å². The number of hydrogen-bond acceptors (Lipinski definition) is 3. The van der Waals surface area contributed by atoms with Crippen LogP contribution in [0.5, 0.6) is 5.75 Å². The van der Waals surface area contributed by atoms with Gasteiger partial charge >= 0.3 is 0 Å². The van der Waals surface area contributed by atoms with Crippen LogP contribution in [0.25, 0.3) is 0 Å². The third-order valence-electron chi connectivity index (χ3n) is 2.37. The smallest absolute Gasteiger partial charge is 0.137 e. The van der Waals surface area contributed by atoms with E-state index in [1.807, 2.05) is 18.2 Å². The molecule has 0 saturated carbocycles. The van der Waals surface area contributed by atoms with E-state index in [-0.39, 0.29) is 0 Å². The summed E-state index contributed by atoms with van der Waals surface area (Å²) in [5.41, 5.74) is 6.59. The van der Waals surface area contributed by atoms with Crippen LogP contribution in [0.3, 0.4) is 0 Å². The van der Waals surface area contributed by atoms with Gasteiger partial charge in [0.2, 0.25) is 0 Å². The molecule has 0 aromatic heterocycles. The number of hydrogen-bond donors (Lipinski definition) is 1. The van der Waals surface area contributed by atoms with Crippen LogP contribution < -0.4 is 10.5 Å². The second-order valence-electron chi connectivity index (χ2n) is 3.77. The molecule has 0 aliphatic heterocycles. The van der Waals surface area contributed by atoms with Crippen LogP contribution in [-0.4, -0.2) is 13.2 Å². The van der Waals surface area contributed by atoms with Crippen molar-refractivity contribution < 1.29 is 4.74 Å². The Morgan fingerprint density at radius 3 is 2.82 bits per heavy atom. The van der Waals surface area contributed by atoms with Crippen molar-refractivity contribution >= 4 is 11.6 Å². The Hall–Kier alpha value is -1.24. The van der Waals surface area contributed by atoms with Crippen LogP contribution in [0.1, 0.15) is 24.8 Å². The quantitative estimate of drug-likeness (QED) is 0.759. The first kappa shape index (κ1) is 13.8. The molecule has 0 radical (unpaired) electrons. The van der Waals surface area contributed by atoms with E-state index in [1.54, 1.807) is 0 Å². The van der Waals surface area contributed by atoms with E-state index in [4.69, 9.17) is 27.3 Å². The molecule has 0 fully saturated rings. The van der Waals surface area contributed by atoms with Crippen LogP contribution >= 0.6 is 11.6 Å². The molecular formula is C13H17ClN2O. The summed E-state index contributed by atoms with van der Waals surface area (Å²) in [5, 5.41) is 9.01. The van der Waals surface area contributed by atoms with E-state index in [1.165, 1.54) is 0 Å². The molecule has 4 heteroatoms. The molecule has 2 N–H and O–H groups in total. The average molecular weight is 253 g/mol. The zero-order valence-corrected chi connectivity index (χ0v) is 10.5. The Morgan fingerprint density at radius 2 is 2.18 bits per heavy atom. The highest BCUT2D eigenvalue weighted by atomic mass is 35.5. The molecule has 0 aliphatic carbocycles. The lowest BCUT2D eigenvalue weighted by atomic mass is 10.1. The third kappa shape index (κ3) is 5.08. The van der Waals surface area contributed by atoms with E-state index >= 15 is 0 Å². The molecule has 3 nitrogen and oxygen atoms in total. The van der Waals surface area contributed by atoms with Crippen molar-refractivity contribution in [2.75, 3.05) is 13.2 Å². The molecule has 0 unspecified atom stereocenters. The highest BCUT2D eigenvalue weighted by Crippen LogP contribution is 2.25. The number of nitrogens with two attached hydrogens (primary N) is 1. The summed E-state index contributed by atoms with van der Waals surface area (Å²) in [7, 11) is 0. The van der Waals surface area contributed by atoms with Gasteiger partial charge in [-0.2, -0.15) is 5.26 Å². The summed E-state index contributed by atoms with van der Waals surface area (Å²) in [6.07, 6.45) is 3.13. The molecule has 1 rings (SSSR count). The first-order valence-corrected chi connectivity index (χ1v) is 6.14. The molecule has 1 aromatic carbocycles. The number of nitriles is 1. The lowest BCUT2D eigenvalue weighted by Gasteiger charge is -2.08. The van der Waals surface area contributed by atoms with Gasteiger partial charge in [-0.3, -0.25) is 0 Å². The van der Waals surface area contributed by atoms with Gasteiger partial charge in [0, 0.05) is 6.42 Å². The fourth-order valence-corrected chi connectivity index (χ4v) is 1.73. The van der Waals surface area contributed by atoms with E-state index < -0.39 is 0 Å². The summed E-state index contributed by atoms with van der Waals surface area (Å²) >= 11 is 6.09. The zero-order chi connectivity index (χ0) is 12.5. The largest absolute Gasteiger partial charge is 0.492 e.